The van der Waals surface area contributed by atoms with Gasteiger partial charge in [-0.15, -0.1) is 0 Å². The molecule has 0 aliphatic heterocycles. The SMILES string of the molecule is CCO[Si](CN(C)[Si](C(C)C)(C(C)C)C(C)C)(OCC)OCC. The van der Waals surface area contributed by atoms with Crippen molar-refractivity contribution in [3.05, 3.63) is 0 Å². The summed E-state index contributed by atoms with van der Waals surface area (Å²) < 4.78 is 20.9. The normalized spacial score (nSPS) is 13.8. The summed E-state index contributed by atoms with van der Waals surface area (Å²) in [6, 6.07) is 0. The minimum Gasteiger partial charge on any atom is -0.373 e. The molecule has 0 fully saturated rings. The van der Waals surface area contributed by atoms with Crippen molar-refractivity contribution in [1.29, 1.82) is 0 Å². The Kier molecular flexibility index (Phi) is 10.4. The van der Waals surface area contributed by atoms with Gasteiger partial charge in [-0.3, -0.25) is 0 Å². The van der Waals surface area contributed by atoms with Crippen LogP contribution in [0.25, 0.3) is 0 Å². The van der Waals surface area contributed by atoms with Gasteiger partial charge >= 0.3 is 8.80 Å². The van der Waals surface area contributed by atoms with Crippen LogP contribution in [-0.4, -0.2) is 54.6 Å². The van der Waals surface area contributed by atoms with Gasteiger partial charge in [0.25, 0.3) is 0 Å². The van der Waals surface area contributed by atoms with E-state index >= 15 is 0 Å². The molecule has 0 radical (unpaired) electrons. The van der Waals surface area contributed by atoms with Gasteiger partial charge in [-0.05, 0) is 44.4 Å². The van der Waals surface area contributed by atoms with E-state index in [-0.39, 0.29) is 0 Å². The molecule has 0 aliphatic carbocycles. The standard InChI is InChI=1S/C17H41NO3Si2/c1-11-19-22(20-12-2,21-13-3)14-18(10)23(15(4)5,16(6)7)17(8)9/h15-17H,11-14H2,1-10H3. The van der Waals surface area contributed by atoms with Crippen molar-refractivity contribution in [3.8, 4) is 0 Å². The van der Waals surface area contributed by atoms with Crippen molar-refractivity contribution in [2.75, 3.05) is 33.0 Å². The highest BCUT2D eigenvalue weighted by Gasteiger charge is 2.52. The molecule has 0 saturated carbocycles. The van der Waals surface area contributed by atoms with Gasteiger partial charge in [0.15, 0.2) is 0 Å². The Bertz CT molecular complexity index is 286. The molecule has 0 atom stereocenters. The first-order valence-electron chi connectivity index (χ1n) is 9.27. The topological polar surface area (TPSA) is 30.9 Å². The van der Waals surface area contributed by atoms with Crippen LogP contribution in [0.2, 0.25) is 16.6 Å². The quantitative estimate of drug-likeness (QED) is 0.471. The predicted octanol–water partition coefficient (Wildman–Crippen LogP) is 4.68. The first-order valence-corrected chi connectivity index (χ1v) is 13.4. The highest BCUT2D eigenvalue weighted by atomic mass is 28.4. The maximum atomic E-state index is 6.09. The summed E-state index contributed by atoms with van der Waals surface area (Å²) in [5.41, 5.74) is 2.01. The van der Waals surface area contributed by atoms with Gasteiger partial charge in [-0.2, -0.15) is 0 Å². The fourth-order valence-electron chi connectivity index (χ4n) is 4.67. The summed E-state index contributed by atoms with van der Waals surface area (Å²) >= 11 is 0. The van der Waals surface area contributed by atoms with Crippen molar-refractivity contribution in [3.63, 3.8) is 0 Å². The number of hydrogen-bond donors (Lipinski definition) is 0. The van der Waals surface area contributed by atoms with E-state index in [1.807, 2.05) is 20.8 Å². The van der Waals surface area contributed by atoms with Gasteiger partial charge in [0.1, 0.15) is 8.24 Å². The Labute approximate surface area is 147 Å². The van der Waals surface area contributed by atoms with E-state index in [9.17, 15) is 0 Å². The first-order chi connectivity index (χ1) is 10.6. The highest BCUT2D eigenvalue weighted by Crippen LogP contribution is 2.43. The van der Waals surface area contributed by atoms with Crippen molar-refractivity contribution in [2.24, 2.45) is 0 Å². The monoisotopic (exact) mass is 363 g/mol. The summed E-state index contributed by atoms with van der Waals surface area (Å²) in [5, 5.41) is 0. The zero-order chi connectivity index (χ0) is 18.3. The molecule has 0 saturated heterocycles. The number of nitrogens with zero attached hydrogens (tertiary/aromatic N) is 1. The van der Waals surface area contributed by atoms with Gasteiger partial charge < -0.3 is 17.8 Å². The summed E-state index contributed by atoms with van der Waals surface area (Å²) in [5.74, 6) is 0. The fraction of sp³-hybridized carbons (Fsp3) is 1.00. The van der Waals surface area contributed by atoms with E-state index in [2.05, 4.69) is 53.2 Å². The van der Waals surface area contributed by atoms with Crippen molar-refractivity contribution >= 4 is 17.0 Å². The summed E-state index contributed by atoms with van der Waals surface area (Å²) in [7, 11) is -2.08. The molecule has 0 N–H and O–H groups in total. The molecule has 0 amide bonds. The van der Waals surface area contributed by atoms with Crippen LogP contribution in [-0.2, 0) is 13.3 Å². The maximum absolute atomic E-state index is 6.09. The number of hydrogen-bond acceptors (Lipinski definition) is 4. The van der Waals surface area contributed by atoms with E-state index in [0.717, 1.165) is 6.17 Å². The maximum Gasteiger partial charge on any atom is 0.515 e. The third-order valence-electron chi connectivity index (χ3n) is 4.96. The second-order valence-electron chi connectivity index (χ2n) is 7.19. The molecular weight excluding hydrogens is 322 g/mol. The van der Waals surface area contributed by atoms with Crippen LogP contribution < -0.4 is 0 Å². The van der Waals surface area contributed by atoms with Gasteiger partial charge in [-0.25, -0.2) is 0 Å². The molecule has 0 aromatic carbocycles. The molecule has 0 aliphatic rings. The van der Waals surface area contributed by atoms with Crippen molar-refractivity contribution in [1.82, 2.24) is 4.57 Å². The van der Waals surface area contributed by atoms with Gasteiger partial charge in [-0.1, -0.05) is 41.5 Å². The Balaban J connectivity index is 5.67. The largest absolute Gasteiger partial charge is 0.515 e. The van der Waals surface area contributed by atoms with Gasteiger partial charge in [0.2, 0.25) is 0 Å². The van der Waals surface area contributed by atoms with Crippen LogP contribution in [0.15, 0.2) is 0 Å². The van der Waals surface area contributed by atoms with Crippen LogP contribution in [0.4, 0.5) is 0 Å². The van der Waals surface area contributed by atoms with Crippen LogP contribution in [0, 0.1) is 0 Å². The average molecular weight is 364 g/mol. The lowest BCUT2D eigenvalue weighted by atomic mass is 10.5. The Morgan fingerprint density at radius 3 is 1.22 bits per heavy atom. The smallest absolute Gasteiger partial charge is 0.373 e. The molecule has 0 bridgehead atoms. The van der Waals surface area contributed by atoms with Gasteiger partial charge in [0.05, 0.1) is 6.17 Å². The summed E-state index contributed by atoms with van der Waals surface area (Å²) in [4.78, 5) is 0. The lowest BCUT2D eigenvalue weighted by Crippen LogP contribution is -2.65. The average Bonchev–Trinajstić information content (AvgIpc) is 2.38. The molecule has 0 aromatic heterocycles. The zero-order valence-electron chi connectivity index (χ0n) is 17.2. The molecule has 6 heteroatoms. The molecule has 0 heterocycles. The second-order valence-corrected chi connectivity index (χ2v) is 15.7. The lowest BCUT2D eigenvalue weighted by Gasteiger charge is -2.51. The van der Waals surface area contributed by atoms with E-state index in [1.54, 1.807) is 0 Å². The number of rotatable bonds is 12. The molecular formula is C17H41NO3Si2. The minimum atomic E-state index is -2.65. The van der Waals surface area contributed by atoms with Gasteiger partial charge in [0, 0.05) is 19.8 Å². The van der Waals surface area contributed by atoms with Crippen molar-refractivity contribution < 1.29 is 13.3 Å². The Morgan fingerprint density at radius 1 is 0.696 bits per heavy atom. The van der Waals surface area contributed by atoms with Crippen molar-refractivity contribution in [2.45, 2.75) is 78.9 Å². The summed E-state index contributed by atoms with van der Waals surface area (Å²) in [6.07, 6.45) is 0.795. The Morgan fingerprint density at radius 2 is 1.00 bits per heavy atom. The van der Waals surface area contributed by atoms with Crippen LogP contribution in [0.1, 0.15) is 62.3 Å². The van der Waals surface area contributed by atoms with Crippen LogP contribution in [0.3, 0.4) is 0 Å². The molecule has 0 aromatic rings. The summed E-state index contributed by atoms with van der Waals surface area (Å²) in [6.45, 7) is 22.3. The highest BCUT2D eigenvalue weighted by molar-refractivity contribution is 6.81. The molecule has 0 spiro atoms. The molecule has 4 nitrogen and oxygen atoms in total. The van der Waals surface area contributed by atoms with Crippen LogP contribution in [0.5, 0.6) is 0 Å². The van der Waals surface area contributed by atoms with Crippen LogP contribution >= 0.6 is 0 Å². The first kappa shape index (κ1) is 23.3. The third kappa shape index (κ3) is 5.37. The second kappa shape index (κ2) is 10.3. The predicted molar refractivity (Wildman–Crippen MR) is 104 cm³/mol. The Hall–Kier alpha value is 0.274. The lowest BCUT2D eigenvalue weighted by molar-refractivity contribution is 0.0646. The zero-order valence-corrected chi connectivity index (χ0v) is 19.2. The fourth-order valence-corrected chi connectivity index (χ4v) is 15.4. The van der Waals surface area contributed by atoms with E-state index < -0.39 is 17.0 Å². The minimum absolute atomic E-state index is 0.639. The molecule has 23 heavy (non-hydrogen) atoms. The third-order valence-corrected chi connectivity index (χ3v) is 15.4. The van der Waals surface area contributed by atoms with E-state index in [1.165, 1.54) is 0 Å². The van der Waals surface area contributed by atoms with E-state index in [4.69, 9.17) is 13.3 Å². The molecule has 0 rings (SSSR count). The van der Waals surface area contributed by atoms with E-state index in [0.29, 0.717) is 36.4 Å². The molecule has 0 unspecified atom stereocenters. The molecule has 140 valence electrons.